The van der Waals surface area contributed by atoms with Crippen LogP contribution in [0.5, 0.6) is 11.6 Å². The number of nitrogens with zero attached hydrogens (tertiary/aromatic N) is 3. The first-order valence-corrected chi connectivity index (χ1v) is 10.3. The second-order valence-electron chi connectivity index (χ2n) is 6.62. The zero-order valence-electron chi connectivity index (χ0n) is 16.8. The number of benzene rings is 2. The van der Waals surface area contributed by atoms with Gasteiger partial charge >= 0.3 is 11.9 Å². The van der Waals surface area contributed by atoms with Gasteiger partial charge in [-0.3, -0.25) is 4.57 Å². The highest BCUT2D eigenvalue weighted by atomic mass is 32.1. The van der Waals surface area contributed by atoms with E-state index >= 15 is 0 Å². The number of carboxylic acids is 2. The highest BCUT2D eigenvalue weighted by Gasteiger charge is 2.20. The Morgan fingerprint density at radius 1 is 1.16 bits per heavy atom. The fraction of sp³-hybridized carbons (Fsp3) is 0.143. The van der Waals surface area contributed by atoms with Gasteiger partial charge in [0.15, 0.2) is 0 Å². The molecule has 0 aliphatic heterocycles. The number of rotatable bonds is 8. The third kappa shape index (κ3) is 3.86. The minimum Gasteiger partial charge on any atom is -0.491 e. The van der Waals surface area contributed by atoms with Gasteiger partial charge in [0.25, 0.3) is 0 Å². The molecule has 0 saturated heterocycles. The fourth-order valence-corrected chi connectivity index (χ4v) is 4.02. The molecule has 0 fully saturated rings. The Bertz CT molecular complexity index is 1330. The molecular formula is C21H18N4O6S. The molecule has 0 saturated carbocycles. The smallest absolute Gasteiger partial charge is 0.336 e. The van der Waals surface area contributed by atoms with Crippen molar-refractivity contribution in [3.05, 3.63) is 53.2 Å². The first-order chi connectivity index (χ1) is 15.4. The number of hydrogen-bond donors (Lipinski definition) is 3. The average Bonchev–Trinajstić information content (AvgIpc) is 3.43. The lowest BCUT2D eigenvalue weighted by Gasteiger charge is -2.13. The van der Waals surface area contributed by atoms with Crippen LogP contribution in [0.4, 0.5) is 0 Å². The number of fused-ring (bicyclic) bond motifs is 1. The summed E-state index contributed by atoms with van der Waals surface area (Å²) >= 11 is 1.40. The Hall–Kier alpha value is -3.96. The molecule has 0 spiro atoms. The molecule has 2 aromatic heterocycles. The zero-order chi connectivity index (χ0) is 22.8. The van der Waals surface area contributed by atoms with Gasteiger partial charge < -0.3 is 25.4 Å². The summed E-state index contributed by atoms with van der Waals surface area (Å²) < 4.78 is 12.7. The second-order valence-corrected chi connectivity index (χ2v) is 7.48. The fourth-order valence-electron chi connectivity index (χ4n) is 3.22. The number of hydrogen-bond acceptors (Lipinski definition) is 8. The van der Waals surface area contributed by atoms with Crippen molar-refractivity contribution in [3.8, 4) is 27.9 Å². The molecule has 0 aliphatic rings. The number of methoxy groups -OCH3 is 1. The van der Waals surface area contributed by atoms with E-state index in [0.29, 0.717) is 39.9 Å². The van der Waals surface area contributed by atoms with Crippen LogP contribution in [0.15, 0.2) is 42.0 Å². The number of aromatic nitrogens is 3. The van der Waals surface area contributed by atoms with E-state index in [1.807, 2.05) is 12.1 Å². The Morgan fingerprint density at radius 3 is 2.56 bits per heavy atom. The lowest BCUT2D eigenvalue weighted by molar-refractivity contribution is 0.0652. The highest BCUT2D eigenvalue weighted by Crippen LogP contribution is 2.36. The first kappa shape index (κ1) is 21.3. The van der Waals surface area contributed by atoms with Gasteiger partial charge in [0.2, 0.25) is 5.88 Å². The van der Waals surface area contributed by atoms with Crippen LogP contribution in [0, 0.1) is 0 Å². The normalized spacial score (nSPS) is 10.9. The van der Waals surface area contributed by atoms with Crippen molar-refractivity contribution in [3.63, 3.8) is 0 Å². The van der Waals surface area contributed by atoms with E-state index in [1.165, 1.54) is 29.8 Å². The standard InChI is InChI=1S/C21H18N4O6S/c1-30-18-9-32-19(24-18)12-3-2-11(6-17(12)31-5-4-22)25-10-23-15-7-13(20(26)27)14(21(28)29)8-16(15)25/h2-3,6-10H,4-5,22H2,1H3,(H,26,27)(H,28,29). The molecule has 0 atom stereocenters. The maximum atomic E-state index is 11.6. The lowest BCUT2D eigenvalue weighted by atomic mass is 10.1. The summed E-state index contributed by atoms with van der Waals surface area (Å²) in [5, 5.41) is 21.3. The van der Waals surface area contributed by atoms with Gasteiger partial charge in [0.1, 0.15) is 23.7 Å². The topological polar surface area (TPSA) is 150 Å². The van der Waals surface area contributed by atoms with Gasteiger partial charge in [0.05, 0.1) is 45.9 Å². The molecule has 0 aliphatic carbocycles. The molecule has 0 radical (unpaired) electrons. The minimum absolute atomic E-state index is 0.286. The van der Waals surface area contributed by atoms with E-state index in [4.69, 9.17) is 15.2 Å². The predicted molar refractivity (Wildman–Crippen MR) is 117 cm³/mol. The molecule has 32 heavy (non-hydrogen) atoms. The minimum atomic E-state index is -1.34. The molecule has 4 rings (SSSR count). The van der Waals surface area contributed by atoms with Crippen molar-refractivity contribution < 1.29 is 29.3 Å². The summed E-state index contributed by atoms with van der Waals surface area (Å²) in [5.74, 6) is -1.64. The Labute approximate surface area is 185 Å². The van der Waals surface area contributed by atoms with E-state index in [-0.39, 0.29) is 17.7 Å². The van der Waals surface area contributed by atoms with Crippen LogP contribution in [0.3, 0.4) is 0 Å². The highest BCUT2D eigenvalue weighted by molar-refractivity contribution is 7.13. The van der Waals surface area contributed by atoms with Gasteiger partial charge in [-0.2, -0.15) is 0 Å². The molecule has 10 nitrogen and oxygen atoms in total. The van der Waals surface area contributed by atoms with Crippen LogP contribution in [-0.2, 0) is 0 Å². The molecule has 0 amide bonds. The van der Waals surface area contributed by atoms with Crippen LogP contribution in [0.2, 0.25) is 0 Å². The summed E-state index contributed by atoms with van der Waals surface area (Å²) in [4.78, 5) is 31.7. The van der Waals surface area contributed by atoms with Crippen molar-refractivity contribution >= 4 is 34.3 Å². The van der Waals surface area contributed by atoms with E-state index in [2.05, 4.69) is 9.97 Å². The summed E-state index contributed by atoms with van der Waals surface area (Å²) in [6, 6.07) is 7.96. The van der Waals surface area contributed by atoms with E-state index in [1.54, 1.807) is 23.1 Å². The van der Waals surface area contributed by atoms with Gasteiger partial charge in [-0.25, -0.2) is 19.6 Å². The maximum Gasteiger partial charge on any atom is 0.336 e. The third-order valence-electron chi connectivity index (χ3n) is 4.69. The monoisotopic (exact) mass is 454 g/mol. The molecule has 2 aromatic carbocycles. The lowest BCUT2D eigenvalue weighted by Crippen LogP contribution is -2.11. The molecule has 4 aromatic rings. The molecule has 164 valence electrons. The number of carbonyl (C=O) groups is 2. The summed E-state index contributed by atoms with van der Waals surface area (Å²) in [6.07, 6.45) is 1.50. The number of nitrogens with two attached hydrogens (primary N) is 1. The second kappa shape index (κ2) is 8.65. The van der Waals surface area contributed by atoms with Crippen molar-refractivity contribution in [1.29, 1.82) is 0 Å². The molecule has 4 N–H and O–H groups in total. The van der Waals surface area contributed by atoms with Crippen LogP contribution in [0.25, 0.3) is 27.3 Å². The van der Waals surface area contributed by atoms with Crippen LogP contribution >= 0.6 is 11.3 Å². The summed E-state index contributed by atoms with van der Waals surface area (Å²) in [7, 11) is 1.54. The predicted octanol–water partition coefficient (Wildman–Crippen LogP) is 2.89. The van der Waals surface area contributed by atoms with Crippen molar-refractivity contribution in [2.45, 2.75) is 0 Å². The molecule has 11 heteroatoms. The molecule has 2 heterocycles. The zero-order valence-corrected chi connectivity index (χ0v) is 17.6. The van der Waals surface area contributed by atoms with E-state index < -0.39 is 11.9 Å². The van der Waals surface area contributed by atoms with E-state index in [9.17, 15) is 19.8 Å². The number of carboxylic acid groups (broad SMARTS) is 2. The number of ether oxygens (including phenoxy) is 2. The molecular weight excluding hydrogens is 436 g/mol. The van der Waals surface area contributed by atoms with Crippen molar-refractivity contribution in [1.82, 2.24) is 14.5 Å². The first-order valence-electron chi connectivity index (χ1n) is 9.37. The molecule has 0 bridgehead atoms. The number of aromatic carboxylic acids is 2. The third-order valence-corrected chi connectivity index (χ3v) is 5.54. The number of thiazole rings is 1. The van der Waals surface area contributed by atoms with Crippen LogP contribution in [0.1, 0.15) is 20.7 Å². The van der Waals surface area contributed by atoms with Gasteiger partial charge in [-0.15, -0.1) is 11.3 Å². The summed E-state index contributed by atoms with van der Waals surface area (Å²) in [5.41, 5.74) is 7.15. The largest absolute Gasteiger partial charge is 0.491 e. The number of imidazole rings is 1. The summed E-state index contributed by atoms with van der Waals surface area (Å²) in [6.45, 7) is 0.605. The van der Waals surface area contributed by atoms with Gasteiger partial charge in [0, 0.05) is 12.6 Å². The van der Waals surface area contributed by atoms with Crippen LogP contribution < -0.4 is 15.2 Å². The Morgan fingerprint density at radius 2 is 1.91 bits per heavy atom. The van der Waals surface area contributed by atoms with Crippen LogP contribution in [-0.4, -0.2) is 56.9 Å². The quantitative estimate of drug-likeness (QED) is 0.365. The van der Waals surface area contributed by atoms with Crippen molar-refractivity contribution in [2.75, 3.05) is 20.3 Å². The van der Waals surface area contributed by atoms with Gasteiger partial charge in [-0.1, -0.05) is 0 Å². The van der Waals surface area contributed by atoms with E-state index in [0.717, 1.165) is 5.56 Å². The maximum absolute atomic E-state index is 11.6. The Kier molecular flexibility index (Phi) is 5.75. The SMILES string of the molecule is COc1csc(-c2ccc(-n3cnc4cc(C(=O)O)c(C(=O)O)cc43)cc2OCCN)n1. The van der Waals surface area contributed by atoms with Gasteiger partial charge in [-0.05, 0) is 24.3 Å². The average molecular weight is 454 g/mol. The van der Waals surface area contributed by atoms with Crippen molar-refractivity contribution in [2.24, 2.45) is 5.73 Å². The molecule has 0 unspecified atom stereocenters. The Balaban J connectivity index is 1.85.